The van der Waals surface area contributed by atoms with E-state index in [1.807, 2.05) is 18.4 Å². The van der Waals surface area contributed by atoms with Crippen molar-refractivity contribution in [2.75, 3.05) is 6.26 Å². The zero-order chi connectivity index (χ0) is 14.0. The molecule has 0 aliphatic carbocycles. The quantitative estimate of drug-likeness (QED) is 0.652. The van der Waals surface area contributed by atoms with Crippen molar-refractivity contribution in [1.29, 1.82) is 0 Å². The van der Waals surface area contributed by atoms with Crippen LogP contribution in [0.3, 0.4) is 0 Å². The Kier molecular flexibility index (Phi) is 4.60. The summed E-state index contributed by atoms with van der Waals surface area (Å²) in [5.74, 6) is -1.24. The van der Waals surface area contributed by atoms with E-state index in [0.29, 0.717) is 5.56 Å². The Morgan fingerprint density at radius 2 is 1.79 bits per heavy atom. The van der Waals surface area contributed by atoms with E-state index < -0.39 is 17.7 Å². The summed E-state index contributed by atoms with van der Waals surface area (Å²) in [7, 11) is 0. The minimum absolute atomic E-state index is 0.0408. The predicted molar refractivity (Wildman–Crippen MR) is 76.3 cm³/mol. The van der Waals surface area contributed by atoms with Crippen LogP contribution >= 0.6 is 27.7 Å². The molecule has 0 fully saturated rings. The van der Waals surface area contributed by atoms with E-state index in [1.54, 1.807) is 12.1 Å². The molecule has 19 heavy (non-hydrogen) atoms. The highest BCUT2D eigenvalue weighted by Crippen LogP contribution is 2.32. The molecule has 1 atom stereocenters. The van der Waals surface area contributed by atoms with E-state index >= 15 is 0 Å². The lowest BCUT2D eigenvalue weighted by Gasteiger charge is -2.16. The SMILES string of the molecule is CSc1ccccc1C(O)c1cc(F)c(Br)cc1F. The fraction of sp³-hybridized carbons (Fsp3) is 0.143. The van der Waals surface area contributed by atoms with E-state index in [4.69, 9.17) is 0 Å². The summed E-state index contributed by atoms with van der Waals surface area (Å²) in [5, 5.41) is 10.3. The number of aliphatic hydroxyl groups excluding tert-OH is 1. The van der Waals surface area contributed by atoms with E-state index in [1.165, 1.54) is 11.8 Å². The smallest absolute Gasteiger partial charge is 0.137 e. The molecule has 0 aliphatic heterocycles. The van der Waals surface area contributed by atoms with Crippen molar-refractivity contribution in [1.82, 2.24) is 0 Å². The van der Waals surface area contributed by atoms with Gasteiger partial charge in [-0.25, -0.2) is 8.78 Å². The second-order valence-corrected chi connectivity index (χ2v) is 5.63. The monoisotopic (exact) mass is 344 g/mol. The molecule has 1 unspecified atom stereocenters. The minimum Gasteiger partial charge on any atom is -0.384 e. The maximum absolute atomic E-state index is 13.8. The Morgan fingerprint density at radius 1 is 1.11 bits per heavy atom. The number of hydrogen-bond donors (Lipinski definition) is 1. The highest BCUT2D eigenvalue weighted by atomic mass is 79.9. The Labute approximate surface area is 122 Å². The molecule has 100 valence electrons. The first-order valence-electron chi connectivity index (χ1n) is 5.50. The van der Waals surface area contributed by atoms with Crippen molar-refractivity contribution in [3.63, 3.8) is 0 Å². The van der Waals surface area contributed by atoms with Gasteiger partial charge >= 0.3 is 0 Å². The van der Waals surface area contributed by atoms with Crippen LogP contribution in [-0.4, -0.2) is 11.4 Å². The lowest BCUT2D eigenvalue weighted by Crippen LogP contribution is -2.05. The summed E-state index contributed by atoms with van der Waals surface area (Å²) in [6.07, 6.45) is 0.676. The lowest BCUT2D eigenvalue weighted by molar-refractivity contribution is 0.211. The molecule has 2 aromatic rings. The van der Waals surface area contributed by atoms with E-state index in [0.717, 1.165) is 17.0 Å². The number of hydrogen-bond acceptors (Lipinski definition) is 2. The molecule has 0 amide bonds. The third kappa shape index (κ3) is 2.99. The molecular formula is C14H11BrF2OS. The molecule has 5 heteroatoms. The standard InChI is InChI=1S/C14H11BrF2OS/c1-19-13-5-3-2-4-8(13)14(18)9-6-12(17)10(15)7-11(9)16/h2-7,14,18H,1H3. The molecule has 2 rings (SSSR count). The fourth-order valence-corrected chi connectivity index (χ4v) is 2.75. The van der Waals surface area contributed by atoms with E-state index in [9.17, 15) is 13.9 Å². The molecule has 0 aromatic heterocycles. The average Bonchev–Trinajstić information content (AvgIpc) is 2.42. The normalized spacial score (nSPS) is 12.5. The molecule has 0 spiro atoms. The molecule has 0 saturated carbocycles. The number of rotatable bonds is 3. The number of halogens is 3. The van der Waals surface area contributed by atoms with Gasteiger partial charge in [-0.3, -0.25) is 0 Å². The first kappa shape index (κ1) is 14.5. The van der Waals surface area contributed by atoms with Crippen molar-refractivity contribution in [3.8, 4) is 0 Å². The molecule has 0 bridgehead atoms. The second-order valence-electron chi connectivity index (χ2n) is 3.93. The zero-order valence-electron chi connectivity index (χ0n) is 10.0. The number of benzene rings is 2. The Morgan fingerprint density at radius 3 is 2.47 bits per heavy atom. The molecule has 0 saturated heterocycles. The van der Waals surface area contributed by atoms with Gasteiger partial charge in [-0.05, 0) is 45.9 Å². The Bertz CT molecular complexity index is 604. The second kappa shape index (κ2) is 6.03. The van der Waals surface area contributed by atoms with Crippen LogP contribution in [0.4, 0.5) is 8.78 Å². The van der Waals surface area contributed by atoms with Gasteiger partial charge in [0.2, 0.25) is 0 Å². The van der Waals surface area contributed by atoms with Crippen molar-refractivity contribution in [3.05, 3.63) is 63.6 Å². The average molecular weight is 345 g/mol. The first-order chi connectivity index (χ1) is 9.04. The van der Waals surface area contributed by atoms with E-state index in [-0.39, 0.29) is 10.0 Å². The lowest BCUT2D eigenvalue weighted by atomic mass is 10.0. The van der Waals surface area contributed by atoms with Crippen molar-refractivity contribution in [2.45, 2.75) is 11.0 Å². The van der Waals surface area contributed by atoms with Gasteiger partial charge in [-0.2, -0.15) is 0 Å². The van der Waals surface area contributed by atoms with Crippen LogP contribution in [0.5, 0.6) is 0 Å². The topological polar surface area (TPSA) is 20.2 Å². The molecule has 2 aromatic carbocycles. The molecular weight excluding hydrogens is 334 g/mol. The highest BCUT2D eigenvalue weighted by Gasteiger charge is 2.19. The van der Waals surface area contributed by atoms with Crippen molar-refractivity contribution < 1.29 is 13.9 Å². The van der Waals surface area contributed by atoms with Gasteiger partial charge in [0.05, 0.1) is 4.47 Å². The van der Waals surface area contributed by atoms with Crippen LogP contribution < -0.4 is 0 Å². The van der Waals surface area contributed by atoms with Gasteiger partial charge in [-0.15, -0.1) is 11.8 Å². The molecule has 1 nitrogen and oxygen atoms in total. The van der Waals surface area contributed by atoms with Gasteiger partial charge in [0.25, 0.3) is 0 Å². The van der Waals surface area contributed by atoms with Gasteiger partial charge < -0.3 is 5.11 Å². The molecule has 1 N–H and O–H groups in total. The first-order valence-corrected chi connectivity index (χ1v) is 7.51. The zero-order valence-corrected chi connectivity index (χ0v) is 12.4. The van der Waals surface area contributed by atoms with E-state index in [2.05, 4.69) is 15.9 Å². The maximum Gasteiger partial charge on any atom is 0.137 e. The largest absolute Gasteiger partial charge is 0.384 e. The third-order valence-corrected chi connectivity index (χ3v) is 4.19. The molecule has 0 radical (unpaired) electrons. The van der Waals surface area contributed by atoms with Gasteiger partial charge in [0.1, 0.15) is 17.7 Å². The van der Waals surface area contributed by atoms with Crippen LogP contribution in [-0.2, 0) is 0 Å². The van der Waals surface area contributed by atoms with Gasteiger partial charge in [-0.1, -0.05) is 18.2 Å². The molecule has 0 heterocycles. The third-order valence-electron chi connectivity index (χ3n) is 2.77. The Balaban J connectivity index is 2.50. The van der Waals surface area contributed by atoms with Crippen LogP contribution in [0.1, 0.15) is 17.2 Å². The number of thioether (sulfide) groups is 1. The Hall–Kier alpha value is -0.910. The van der Waals surface area contributed by atoms with Crippen LogP contribution in [0.2, 0.25) is 0 Å². The summed E-state index contributed by atoms with van der Waals surface area (Å²) in [4.78, 5) is 0.831. The molecule has 0 aliphatic rings. The summed E-state index contributed by atoms with van der Waals surface area (Å²) in [5.41, 5.74) is 0.498. The summed E-state index contributed by atoms with van der Waals surface area (Å²) in [6.45, 7) is 0. The predicted octanol–water partition coefficient (Wildman–Crippen LogP) is 4.53. The minimum atomic E-state index is -1.19. The van der Waals surface area contributed by atoms with Gasteiger partial charge in [0, 0.05) is 10.5 Å². The van der Waals surface area contributed by atoms with Crippen LogP contribution in [0.25, 0.3) is 0 Å². The summed E-state index contributed by atoms with van der Waals surface area (Å²) < 4.78 is 27.4. The summed E-state index contributed by atoms with van der Waals surface area (Å²) >= 11 is 4.36. The van der Waals surface area contributed by atoms with Crippen LogP contribution in [0.15, 0.2) is 45.8 Å². The van der Waals surface area contributed by atoms with Crippen LogP contribution in [0, 0.1) is 11.6 Å². The highest BCUT2D eigenvalue weighted by molar-refractivity contribution is 9.10. The van der Waals surface area contributed by atoms with Crippen molar-refractivity contribution >= 4 is 27.7 Å². The summed E-state index contributed by atoms with van der Waals surface area (Å²) in [6, 6.07) is 9.16. The van der Waals surface area contributed by atoms with Crippen molar-refractivity contribution in [2.24, 2.45) is 0 Å². The maximum atomic E-state index is 13.8. The van der Waals surface area contributed by atoms with Gasteiger partial charge in [0.15, 0.2) is 0 Å². The fourth-order valence-electron chi connectivity index (χ4n) is 1.81. The number of aliphatic hydroxyl groups is 1.